The van der Waals surface area contributed by atoms with Gasteiger partial charge in [0.05, 0.1) is 24.8 Å². The molecule has 3 heterocycles. The summed E-state index contributed by atoms with van der Waals surface area (Å²) in [5.41, 5.74) is -0.243. The van der Waals surface area contributed by atoms with Gasteiger partial charge < -0.3 is 9.64 Å². The molecule has 6 heteroatoms. The van der Waals surface area contributed by atoms with E-state index in [4.69, 9.17) is 4.74 Å². The number of ether oxygens (including phenoxy) is 1. The van der Waals surface area contributed by atoms with Crippen molar-refractivity contribution in [3.05, 3.63) is 29.6 Å². The molecule has 0 radical (unpaired) electrons. The van der Waals surface area contributed by atoms with Crippen LogP contribution in [0.3, 0.4) is 0 Å². The standard InChI is InChI=1S/C11H10F2N2O2/c12-7-1-8(13)9(14-2-7)10(16)15-3-11(4-15)5-17-6-11/h1-2H,3-6H2. The number of pyridine rings is 1. The van der Waals surface area contributed by atoms with Gasteiger partial charge >= 0.3 is 0 Å². The van der Waals surface area contributed by atoms with E-state index in [1.54, 1.807) is 0 Å². The van der Waals surface area contributed by atoms with Crippen molar-refractivity contribution >= 4 is 5.91 Å². The molecular formula is C11H10F2N2O2. The summed E-state index contributed by atoms with van der Waals surface area (Å²) in [7, 11) is 0. The zero-order valence-corrected chi connectivity index (χ0v) is 8.95. The first-order chi connectivity index (χ1) is 8.10. The Labute approximate surface area is 96.2 Å². The van der Waals surface area contributed by atoms with Gasteiger partial charge in [0.25, 0.3) is 5.91 Å². The van der Waals surface area contributed by atoms with Crippen molar-refractivity contribution in [3.8, 4) is 0 Å². The SMILES string of the molecule is O=C(c1ncc(F)cc1F)N1CC2(COC2)C1. The maximum Gasteiger partial charge on any atom is 0.275 e. The summed E-state index contributed by atoms with van der Waals surface area (Å²) in [5.74, 6) is -2.19. The van der Waals surface area contributed by atoms with Crippen LogP contribution in [-0.2, 0) is 4.74 Å². The number of halogens is 2. The first-order valence-electron chi connectivity index (χ1n) is 5.28. The van der Waals surface area contributed by atoms with Crippen LogP contribution in [0, 0.1) is 17.0 Å². The molecule has 17 heavy (non-hydrogen) atoms. The first-order valence-corrected chi connectivity index (χ1v) is 5.28. The van der Waals surface area contributed by atoms with Gasteiger partial charge in [0, 0.05) is 19.2 Å². The zero-order chi connectivity index (χ0) is 12.0. The van der Waals surface area contributed by atoms with E-state index in [0.717, 1.165) is 6.20 Å². The molecule has 90 valence electrons. The second-order valence-corrected chi connectivity index (χ2v) is 4.64. The summed E-state index contributed by atoms with van der Waals surface area (Å²) < 4.78 is 31.1. The van der Waals surface area contributed by atoms with E-state index in [-0.39, 0.29) is 11.1 Å². The molecule has 1 amide bonds. The number of aromatic nitrogens is 1. The van der Waals surface area contributed by atoms with Gasteiger partial charge in [0.1, 0.15) is 5.82 Å². The second kappa shape index (κ2) is 3.46. The van der Waals surface area contributed by atoms with E-state index in [1.165, 1.54) is 4.90 Å². The van der Waals surface area contributed by atoms with Crippen LogP contribution in [0.2, 0.25) is 0 Å². The third-order valence-corrected chi connectivity index (χ3v) is 3.17. The zero-order valence-electron chi connectivity index (χ0n) is 8.95. The van der Waals surface area contributed by atoms with Crippen molar-refractivity contribution in [2.45, 2.75) is 0 Å². The summed E-state index contributed by atoms with van der Waals surface area (Å²) in [6.07, 6.45) is 0.846. The molecule has 0 unspecified atom stereocenters. The van der Waals surface area contributed by atoms with Gasteiger partial charge in [-0.3, -0.25) is 4.79 Å². The Kier molecular flexibility index (Phi) is 2.16. The molecule has 0 N–H and O–H groups in total. The number of likely N-dealkylation sites (tertiary alicyclic amines) is 1. The van der Waals surface area contributed by atoms with Crippen molar-refractivity contribution in [2.75, 3.05) is 26.3 Å². The molecular weight excluding hydrogens is 230 g/mol. The van der Waals surface area contributed by atoms with Gasteiger partial charge in [-0.1, -0.05) is 0 Å². The van der Waals surface area contributed by atoms with Crippen LogP contribution in [0.5, 0.6) is 0 Å². The minimum absolute atomic E-state index is 0.0756. The molecule has 3 rings (SSSR count). The Bertz CT molecular complexity index is 480. The number of hydrogen-bond donors (Lipinski definition) is 0. The smallest absolute Gasteiger partial charge is 0.275 e. The van der Waals surface area contributed by atoms with Gasteiger partial charge in [-0.05, 0) is 0 Å². The Hall–Kier alpha value is -1.56. The Balaban J connectivity index is 1.74. The van der Waals surface area contributed by atoms with Gasteiger partial charge in [-0.15, -0.1) is 0 Å². The lowest BCUT2D eigenvalue weighted by Gasteiger charge is -2.54. The topological polar surface area (TPSA) is 42.4 Å². The normalized spacial score (nSPS) is 20.9. The van der Waals surface area contributed by atoms with Crippen molar-refractivity contribution < 1.29 is 18.3 Å². The average Bonchev–Trinajstić information content (AvgIpc) is 2.12. The van der Waals surface area contributed by atoms with Crippen LogP contribution in [-0.4, -0.2) is 42.1 Å². The number of carbonyl (C=O) groups excluding carboxylic acids is 1. The van der Waals surface area contributed by atoms with E-state index >= 15 is 0 Å². The third-order valence-electron chi connectivity index (χ3n) is 3.17. The number of carbonyl (C=O) groups is 1. The Morgan fingerprint density at radius 3 is 2.65 bits per heavy atom. The maximum atomic E-state index is 13.3. The van der Waals surface area contributed by atoms with E-state index in [9.17, 15) is 13.6 Å². The highest BCUT2D eigenvalue weighted by atomic mass is 19.1. The lowest BCUT2D eigenvalue weighted by atomic mass is 9.78. The van der Waals surface area contributed by atoms with E-state index in [2.05, 4.69) is 4.98 Å². The minimum Gasteiger partial charge on any atom is -0.380 e. The number of amides is 1. The fourth-order valence-corrected chi connectivity index (χ4v) is 2.20. The molecule has 0 saturated carbocycles. The summed E-state index contributed by atoms with van der Waals surface area (Å²) in [6, 6.07) is 0.669. The molecule has 0 aliphatic carbocycles. The summed E-state index contributed by atoms with van der Waals surface area (Å²) >= 11 is 0. The van der Waals surface area contributed by atoms with Gasteiger partial charge in [0.15, 0.2) is 11.5 Å². The second-order valence-electron chi connectivity index (χ2n) is 4.64. The molecule has 2 aliphatic heterocycles. The third kappa shape index (κ3) is 1.59. The number of rotatable bonds is 1. The molecule has 1 spiro atoms. The molecule has 1 aromatic rings. The number of nitrogens with zero attached hydrogens (tertiary/aromatic N) is 2. The van der Waals surface area contributed by atoms with E-state index in [1.807, 2.05) is 0 Å². The predicted octanol–water partition coefficient (Wildman–Crippen LogP) is 0.832. The molecule has 0 aromatic carbocycles. The van der Waals surface area contributed by atoms with E-state index < -0.39 is 17.5 Å². The lowest BCUT2D eigenvalue weighted by Crippen LogP contribution is -2.67. The maximum absolute atomic E-state index is 13.3. The number of hydrogen-bond acceptors (Lipinski definition) is 3. The van der Waals surface area contributed by atoms with Crippen molar-refractivity contribution in [1.82, 2.24) is 9.88 Å². The largest absolute Gasteiger partial charge is 0.380 e. The molecule has 2 aliphatic rings. The van der Waals surface area contributed by atoms with E-state index in [0.29, 0.717) is 32.4 Å². The highest BCUT2D eigenvalue weighted by Crippen LogP contribution is 2.38. The highest BCUT2D eigenvalue weighted by molar-refractivity contribution is 5.93. The van der Waals surface area contributed by atoms with Gasteiger partial charge in [-0.2, -0.15) is 0 Å². The van der Waals surface area contributed by atoms with Crippen LogP contribution in [0.25, 0.3) is 0 Å². The van der Waals surface area contributed by atoms with Crippen LogP contribution in [0.1, 0.15) is 10.5 Å². The fraction of sp³-hybridized carbons (Fsp3) is 0.455. The molecule has 2 fully saturated rings. The summed E-state index contributed by atoms with van der Waals surface area (Å²) in [6.45, 7) is 2.42. The Morgan fingerprint density at radius 1 is 1.41 bits per heavy atom. The monoisotopic (exact) mass is 240 g/mol. The van der Waals surface area contributed by atoms with Crippen molar-refractivity contribution in [3.63, 3.8) is 0 Å². The summed E-state index contributed by atoms with van der Waals surface area (Å²) in [4.78, 5) is 16.9. The van der Waals surface area contributed by atoms with Crippen molar-refractivity contribution in [2.24, 2.45) is 5.41 Å². The molecule has 1 aromatic heterocycles. The van der Waals surface area contributed by atoms with Gasteiger partial charge in [-0.25, -0.2) is 13.8 Å². The van der Waals surface area contributed by atoms with Crippen LogP contribution in [0.15, 0.2) is 12.3 Å². The highest BCUT2D eigenvalue weighted by Gasteiger charge is 2.51. The van der Waals surface area contributed by atoms with Crippen molar-refractivity contribution in [1.29, 1.82) is 0 Å². The molecule has 2 saturated heterocycles. The molecule has 0 bridgehead atoms. The minimum atomic E-state index is -0.916. The van der Waals surface area contributed by atoms with Gasteiger partial charge in [0.2, 0.25) is 0 Å². The Morgan fingerprint density at radius 2 is 2.12 bits per heavy atom. The predicted molar refractivity (Wildman–Crippen MR) is 53.3 cm³/mol. The van der Waals surface area contributed by atoms with Crippen LogP contribution < -0.4 is 0 Å². The molecule has 4 nitrogen and oxygen atoms in total. The fourth-order valence-electron chi connectivity index (χ4n) is 2.20. The van der Waals surface area contributed by atoms with Crippen LogP contribution in [0.4, 0.5) is 8.78 Å². The quantitative estimate of drug-likeness (QED) is 0.730. The first kappa shape index (κ1) is 10.6. The molecule has 0 atom stereocenters. The summed E-state index contributed by atoms with van der Waals surface area (Å²) in [5, 5.41) is 0. The average molecular weight is 240 g/mol. The van der Waals surface area contributed by atoms with Crippen LogP contribution >= 0.6 is 0 Å². The lowest BCUT2D eigenvalue weighted by molar-refractivity contribution is -0.176.